The quantitative estimate of drug-likeness (QED) is 0.613. The summed E-state index contributed by atoms with van der Waals surface area (Å²) in [5.41, 5.74) is 1.61. The van der Waals surface area contributed by atoms with Gasteiger partial charge in [-0.3, -0.25) is 4.79 Å². The molecule has 0 unspecified atom stereocenters. The van der Waals surface area contributed by atoms with Crippen LogP contribution in [-0.2, 0) is 6.54 Å². The lowest BCUT2D eigenvalue weighted by Crippen LogP contribution is -2.39. The SMILES string of the molecule is CC(C)NC(=O)NCc1ccc(C(=O)NCCCN2CCCC[C@H]2C)cc1. The Labute approximate surface area is 163 Å². The van der Waals surface area contributed by atoms with Gasteiger partial charge in [0.05, 0.1) is 0 Å². The van der Waals surface area contributed by atoms with Crippen LogP contribution in [0.1, 0.15) is 62.4 Å². The first-order chi connectivity index (χ1) is 13.0. The molecule has 0 saturated carbocycles. The summed E-state index contributed by atoms with van der Waals surface area (Å²) in [5, 5.41) is 8.58. The molecule has 2 rings (SSSR count). The number of rotatable bonds is 8. The van der Waals surface area contributed by atoms with Crippen LogP contribution in [0.25, 0.3) is 0 Å². The number of piperidine rings is 1. The van der Waals surface area contributed by atoms with Crippen LogP contribution >= 0.6 is 0 Å². The van der Waals surface area contributed by atoms with E-state index in [1.807, 2.05) is 26.0 Å². The molecule has 6 nitrogen and oxygen atoms in total. The molecule has 0 aromatic heterocycles. The second-order valence-electron chi connectivity index (χ2n) is 7.67. The summed E-state index contributed by atoms with van der Waals surface area (Å²) in [6, 6.07) is 7.95. The van der Waals surface area contributed by atoms with Gasteiger partial charge >= 0.3 is 6.03 Å². The number of nitrogens with one attached hydrogen (secondary N) is 3. The van der Waals surface area contributed by atoms with Gasteiger partial charge in [0.1, 0.15) is 0 Å². The lowest BCUT2D eigenvalue weighted by Gasteiger charge is -2.33. The van der Waals surface area contributed by atoms with Gasteiger partial charge in [-0.2, -0.15) is 0 Å². The van der Waals surface area contributed by atoms with E-state index in [-0.39, 0.29) is 18.0 Å². The Hall–Kier alpha value is -2.08. The predicted molar refractivity (Wildman–Crippen MR) is 109 cm³/mol. The summed E-state index contributed by atoms with van der Waals surface area (Å²) < 4.78 is 0. The highest BCUT2D eigenvalue weighted by molar-refractivity contribution is 5.94. The molecule has 0 bridgehead atoms. The number of carbonyl (C=O) groups is 2. The van der Waals surface area contributed by atoms with Gasteiger partial charge in [0.15, 0.2) is 0 Å². The van der Waals surface area contributed by atoms with E-state index >= 15 is 0 Å². The second kappa shape index (κ2) is 10.9. The zero-order valence-corrected chi connectivity index (χ0v) is 16.9. The minimum absolute atomic E-state index is 0.0428. The first-order valence-electron chi connectivity index (χ1n) is 10.1. The average molecular weight is 375 g/mol. The first kappa shape index (κ1) is 21.2. The molecule has 1 heterocycles. The van der Waals surface area contributed by atoms with E-state index in [0.717, 1.165) is 18.5 Å². The molecule has 1 saturated heterocycles. The van der Waals surface area contributed by atoms with Gasteiger partial charge in [-0.25, -0.2) is 4.79 Å². The van der Waals surface area contributed by atoms with E-state index in [9.17, 15) is 9.59 Å². The van der Waals surface area contributed by atoms with Crippen LogP contribution in [0.2, 0.25) is 0 Å². The van der Waals surface area contributed by atoms with Gasteiger partial charge in [0, 0.05) is 37.3 Å². The van der Waals surface area contributed by atoms with Crippen LogP contribution in [0.4, 0.5) is 4.79 Å². The van der Waals surface area contributed by atoms with E-state index in [0.29, 0.717) is 24.7 Å². The summed E-state index contributed by atoms with van der Waals surface area (Å²) in [5.74, 6) is -0.0428. The fraction of sp³-hybridized carbons (Fsp3) is 0.619. The largest absolute Gasteiger partial charge is 0.352 e. The Balaban J connectivity index is 1.68. The molecule has 1 atom stereocenters. The van der Waals surface area contributed by atoms with Crippen LogP contribution in [0, 0.1) is 0 Å². The monoisotopic (exact) mass is 374 g/mol. The van der Waals surface area contributed by atoms with Crippen molar-refractivity contribution in [1.29, 1.82) is 0 Å². The summed E-state index contributed by atoms with van der Waals surface area (Å²) in [6.45, 7) is 9.49. The van der Waals surface area contributed by atoms with E-state index in [1.54, 1.807) is 12.1 Å². The van der Waals surface area contributed by atoms with Crippen molar-refractivity contribution in [2.24, 2.45) is 0 Å². The van der Waals surface area contributed by atoms with E-state index in [1.165, 1.54) is 25.8 Å². The maximum atomic E-state index is 12.3. The van der Waals surface area contributed by atoms with Crippen molar-refractivity contribution in [2.75, 3.05) is 19.6 Å². The molecule has 0 radical (unpaired) electrons. The van der Waals surface area contributed by atoms with E-state index < -0.39 is 0 Å². The van der Waals surface area contributed by atoms with Crippen LogP contribution in [0.15, 0.2) is 24.3 Å². The Morgan fingerprint density at radius 1 is 1.15 bits per heavy atom. The highest BCUT2D eigenvalue weighted by atomic mass is 16.2. The van der Waals surface area contributed by atoms with Crippen molar-refractivity contribution in [1.82, 2.24) is 20.9 Å². The number of nitrogens with zero attached hydrogens (tertiary/aromatic N) is 1. The van der Waals surface area contributed by atoms with Crippen LogP contribution in [0.5, 0.6) is 0 Å². The van der Waals surface area contributed by atoms with Gasteiger partial charge in [-0.1, -0.05) is 18.6 Å². The molecule has 6 heteroatoms. The van der Waals surface area contributed by atoms with Gasteiger partial charge in [-0.05, 0) is 64.3 Å². The number of amides is 3. The molecule has 1 aliphatic heterocycles. The fourth-order valence-corrected chi connectivity index (χ4v) is 3.35. The Kier molecular flexibility index (Phi) is 8.58. The average Bonchev–Trinajstić information content (AvgIpc) is 2.64. The molecule has 3 N–H and O–H groups in total. The van der Waals surface area contributed by atoms with Crippen molar-refractivity contribution < 1.29 is 9.59 Å². The third-order valence-electron chi connectivity index (χ3n) is 4.94. The van der Waals surface area contributed by atoms with Crippen molar-refractivity contribution >= 4 is 11.9 Å². The number of likely N-dealkylation sites (tertiary alicyclic amines) is 1. The van der Waals surface area contributed by atoms with Gasteiger partial charge in [0.2, 0.25) is 0 Å². The Bertz CT molecular complexity index is 601. The molecule has 27 heavy (non-hydrogen) atoms. The fourth-order valence-electron chi connectivity index (χ4n) is 3.35. The number of benzene rings is 1. The molecule has 1 fully saturated rings. The number of hydrogen-bond acceptors (Lipinski definition) is 3. The molecular weight excluding hydrogens is 340 g/mol. The minimum atomic E-state index is -0.185. The molecule has 1 aromatic rings. The summed E-state index contributed by atoms with van der Waals surface area (Å²) >= 11 is 0. The normalized spacial score (nSPS) is 17.6. The van der Waals surface area contributed by atoms with Crippen molar-refractivity contribution in [3.8, 4) is 0 Å². The Morgan fingerprint density at radius 2 is 1.89 bits per heavy atom. The maximum absolute atomic E-state index is 12.3. The van der Waals surface area contributed by atoms with Gasteiger partial charge in [0.25, 0.3) is 5.91 Å². The van der Waals surface area contributed by atoms with E-state index in [4.69, 9.17) is 0 Å². The standard InChI is InChI=1S/C21H34N4O2/c1-16(2)24-21(27)23-15-18-8-10-19(11-9-18)20(26)22-12-6-14-25-13-5-4-7-17(25)3/h8-11,16-17H,4-7,12-15H2,1-3H3,(H,22,26)(H2,23,24,27)/t17-/m1/s1. The zero-order chi connectivity index (χ0) is 19.6. The number of carbonyl (C=O) groups excluding carboxylic acids is 2. The molecule has 1 aromatic carbocycles. The molecule has 0 aliphatic carbocycles. The summed E-state index contributed by atoms with van der Waals surface area (Å²) in [6.07, 6.45) is 4.88. The van der Waals surface area contributed by atoms with Gasteiger partial charge < -0.3 is 20.9 Å². The summed E-state index contributed by atoms with van der Waals surface area (Å²) in [7, 11) is 0. The van der Waals surface area contributed by atoms with Crippen molar-refractivity contribution in [2.45, 2.75) is 65.1 Å². The molecule has 3 amide bonds. The summed E-state index contributed by atoms with van der Waals surface area (Å²) in [4.78, 5) is 26.4. The lowest BCUT2D eigenvalue weighted by atomic mass is 10.0. The van der Waals surface area contributed by atoms with Crippen LogP contribution in [-0.4, -0.2) is 48.6 Å². The van der Waals surface area contributed by atoms with Crippen molar-refractivity contribution in [3.63, 3.8) is 0 Å². The Morgan fingerprint density at radius 3 is 2.56 bits per heavy atom. The van der Waals surface area contributed by atoms with Crippen LogP contribution < -0.4 is 16.0 Å². The predicted octanol–water partition coefficient (Wildman–Crippen LogP) is 2.89. The highest BCUT2D eigenvalue weighted by Crippen LogP contribution is 2.16. The molecular formula is C21H34N4O2. The highest BCUT2D eigenvalue weighted by Gasteiger charge is 2.17. The third-order valence-corrected chi connectivity index (χ3v) is 4.94. The van der Waals surface area contributed by atoms with Gasteiger partial charge in [-0.15, -0.1) is 0 Å². The van der Waals surface area contributed by atoms with E-state index in [2.05, 4.69) is 27.8 Å². The first-order valence-corrected chi connectivity index (χ1v) is 10.1. The second-order valence-corrected chi connectivity index (χ2v) is 7.67. The zero-order valence-electron chi connectivity index (χ0n) is 16.9. The van der Waals surface area contributed by atoms with Crippen LogP contribution in [0.3, 0.4) is 0 Å². The third kappa shape index (κ3) is 7.59. The smallest absolute Gasteiger partial charge is 0.315 e. The van der Waals surface area contributed by atoms with Crippen molar-refractivity contribution in [3.05, 3.63) is 35.4 Å². The number of hydrogen-bond donors (Lipinski definition) is 3. The molecule has 1 aliphatic rings. The topological polar surface area (TPSA) is 73.5 Å². The minimum Gasteiger partial charge on any atom is -0.352 e. The molecule has 0 spiro atoms. The number of urea groups is 1. The maximum Gasteiger partial charge on any atom is 0.315 e. The molecule has 150 valence electrons. The lowest BCUT2D eigenvalue weighted by molar-refractivity contribution is 0.0949.